The summed E-state index contributed by atoms with van der Waals surface area (Å²) in [6.45, 7) is 9.10. The van der Waals surface area contributed by atoms with Crippen molar-refractivity contribution < 1.29 is 5.11 Å². The summed E-state index contributed by atoms with van der Waals surface area (Å²) in [5.74, 6) is 0. The molecule has 0 saturated heterocycles. The van der Waals surface area contributed by atoms with Crippen molar-refractivity contribution in [2.24, 2.45) is 5.41 Å². The maximum absolute atomic E-state index is 11.0. The summed E-state index contributed by atoms with van der Waals surface area (Å²) in [6.07, 6.45) is 6.38. The standard InChI is InChI=1S/C22H33NO/c1-4-23(5-2)20-14-15-22(16-18-10-7-6-8-11-18)19(17(20)3)12-9-13-21(22)24/h6-8,10-11,20-21,24H,4-5,9,12-16H2,1-3H3/t20?,21-,22+/m0/s1. The van der Waals surface area contributed by atoms with E-state index in [-0.39, 0.29) is 11.5 Å². The van der Waals surface area contributed by atoms with E-state index in [9.17, 15) is 5.11 Å². The normalized spacial score (nSPS) is 30.5. The summed E-state index contributed by atoms with van der Waals surface area (Å²) < 4.78 is 0. The SMILES string of the molecule is CCN(CC)C1CC[C@@]2(Cc3ccccc3)C(=C1C)CCC[C@@H]2O. The molecule has 1 unspecified atom stereocenters. The molecule has 1 saturated carbocycles. The van der Waals surface area contributed by atoms with Crippen molar-refractivity contribution in [1.82, 2.24) is 4.90 Å². The molecule has 0 radical (unpaired) electrons. The summed E-state index contributed by atoms with van der Waals surface area (Å²) in [4.78, 5) is 2.59. The molecular formula is C22H33NO. The number of benzene rings is 1. The molecule has 0 amide bonds. The highest BCUT2D eigenvalue weighted by atomic mass is 16.3. The van der Waals surface area contributed by atoms with Crippen LogP contribution in [-0.2, 0) is 6.42 Å². The van der Waals surface area contributed by atoms with Gasteiger partial charge >= 0.3 is 0 Å². The van der Waals surface area contributed by atoms with Crippen LogP contribution in [0.15, 0.2) is 41.5 Å². The van der Waals surface area contributed by atoms with Gasteiger partial charge in [0.15, 0.2) is 0 Å². The highest BCUT2D eigenvalue weighted by Crippen LogP contribution is 2.52. The zero-order valence-electron chi connectivity index (χ0n) is 15.6. The summed E-state index contributed by atoms with van der Waals surface area (Å²) in [6, 6.07) is 11.3. The average Bonchev–Trinajstić information content (AvgIpc) is 2.60. The minimum absolute atomic E-state index is 0.0205. The van der Waals surface area contributed by atoms with Crippen LogP contribution in [0.1, 0.15) is 58.4 Å². The number of nitrogens with zero attached hydrogens (tertiary/aromatic N) is 1. The Morgan fingerprint density at radius 3 is 2.50 bits per heavy atom. The Kier molecular flexibility index (Phi) is 5.46. The third kappa shape index (κ3) is 3.07. The molecule has 0 aromatic heterocycles. The van der Waals surface area contributed by atoms with E-state index in [0.717, 1.165) is 38.8 Å². The first-order valence-corrected chi connectivity index (χ1v) is 9.78. The van der Waals surface area contributed by atoms with Gasteiger partial charge in [-0.2, -0.15) is 0 Å². The van der Waals surface area contributed by atoms with Crippen molar-refractivity contribution in [1.29, 1.82) is 0 Å². The lowest BCUT2D eigenvalue weighted by Gasteiger charge is -2.51. The molecule has 2 aliphatic rings. The van der Waals surface area contributed by atoms with Crippen molar-refractivity contribution in [2.75, 3.05) is 13.1 Å². The third-order valence-corrected chi connectivity index (χ3v) is 6.60. The first-order valence-electron chi connectivity index (χ1n) is 9.78. The van der Waals surface area contributed by atoms with Crippen molar-refractivity contribution in [3.05, 3.63) is 47.0 Å². The van der Waals surface area contributed by atoms with Gasteiger partial charge < -0.3 is 5.11 Å². The number of hydrogen-bond donors (Lipinski definition) is 1. The van der Waals surface area contributed by atoms with E-state index >= 15 is 0 Å². The Balaban J connectivity index is 1.98. The van der Waals surface area contributed by atoms with Gasteiger partial charge in [-0.15, -0.1) is 0 Å². The fraction of sp³-hybridized carbons (Fsp3) is 0.636. The van der Waals surface area contributed by atoms with Gasteiger partial charge in [-0.1, -0.05) is 55.3 Å². The first-order chi connectivity index (χ1) is 11.6. The predicted molar refractivity (Wildman–Crippen MR) is 101 cm³/mol. The van der Waals surface area contributed by atoms with Crippen molar-refractivity contribution in [2.45, 2.75) is 71.4 Å². The van der Waals surface area contributed by atoms with Crippen LogP contribution in [0.5, 0.6) is 0 Å². The van der Waals surface area contributed by atoms with Gasteiger partial charge in [0, 0.05) is 11.5 Å². The molecule has 132 valence electrons. The van der Waals surface area contributed by atoms with E-state index in [1.807, 2.05) is 0 Å². The van der Waals surface area contributed by atoms with Gasteiger partial charge in [0.25, 0.3) is 0 Å². The van der Waals surface area contributed by atoms with Gasteiger partial charge in [0.1, 0.15) is 0 Å². The molecule has 24 heavy (non-hydrogen) atoms. The second kappa shape index (κ2) is 7.41. The predicted octanol–water partition coefficient (Wildman–Crippen LogP) is 4.58. The van der Waals surface area contributed by atoms with Gasteiger partial charge in [-0.25, -0.2) is 0 Å². The quantitative estimate of drug-likeness (QED) is 0.800. The zero-order valence-corrected chi connectivity index (χ0v) is 15.6. The molecular weight excluding hydrogens is 294 g/mol. The fourth-order valence-electron chi connectivity index (χ4n) is 5.31. The molecule has 1 N–H and O–H groups in total. The van der Waals surface area contributed by atoms with E-state index in [2.05, 4.69) is 56.0 Å². The van der Waals surface area contributed by atoms with Crippen LogP contribution in [0, 0.1) is 5.41 Å². The van der Waals surface area contributed by atoms with E-state index in [1.165, 1.54) is 18.4 Å². The number of aliphatic hydroxyl groups is 1. The van der Waals surface area contributed by atoms with Crippen LogP contribution in [0.3, 0.4) is 0 Å². The number of rotatable bonds is 5. The first kappa shape index (κ1) is 17.7. The Hall–Kier alpha value is -1.12. The average molecular weight is 328 g/mol. The molecule has 2 aliphatic carbocycles. The monoisotopic (exact) mass is 327 g/mol. The van der Waals surface area contributed by atoms with Crippen LogP contribution in [0.25, 0.3) is 0 Å². The van der Waals surface area contributed by atoms with Gasteiger partial charge in [-0.05, 0) is 64.1 Å². The van der Waals surface area contributed by atoms with E-state index in [4.69, 9.17) is 0 Å². The molecule has 0 aliphatic heterocycles. The number of fused-ring (bicyclic) bond motifs is 1. The number of aliphatic hydroxyl groups excluding tert-OH is 1. The van der Waals surface area contributed by atoms with Gasteiger partial charge in [0.05, 0.1) is 6.10 Å². The second-order valence-corrected chi connectivity index (χ2v) is 7.66. The van der Waals surface area contributed by atoms with E-state index in [1.54, 1.807) is 11.1 Å². The maximum atomic E-state index is 11.0. The molecule has 1 aromatic rings. The molecule has 1 fully saturated rings. The Morgan fingerprint density at radius 1 is 1.12 bits per heavy atom. The lowest BCUT2D eigenvalue weighted by Crippen LogP contribution is -2.49. The second-order valence-electron chi connectivity index (χ2n) is 7.66. The molecule has 2 heteroatoms. The third-order valence-electron chi connectivity index (χ3n) is 6.60. The lowest BCUT2D eigenvalue weighted by molar-refractivity contribution is 0.00431. The molecule has 0 bridgehead atoms. The van der Waals surface area contributed by atoms with Gasteiger partial charge in [0.2, 0.25) is 0 Å². The van der Waals surface area contributed by atoms with E-state index in [0.29, 0.717) is 6.04 Å². The van der Waals surface area contributed by atoms with Crippen molar-refractivity contribution >= 4 is 0 Å². The Morgan fingerprint density at radius 2 is 1.83 bits per heavy atom. The van der Waals surface area contributed by atoms with Crippen LogP contribution in [0.2, 0.25) is 0 Å². The van der Waals surface area contributed by atoms with Crippen LogP contribution >= 0.6 is 0 Å². The fourth-order valence-corrected chi connectivity index (χ4v) is 5.31. The topological polar surface area (TPSA) is 23.5 Å². The minimum atomic E-state index is -0.186. The summed E-state index contributed by atoms with van der Waals surface area (Å²) in [5.41, 5.74) is 4.48. The summed E-state index contributed by atoms with van der Waals surface area (Å²) >= 11 is 0. The molecule has 3 rings (SSSR count). The minimum Gasteiger partial charge on any atom is -0.392 e. The van der Waals surface area contributed by atoms with Crippen molar-refractivity contribution in [3.8, 4) is 0 Å². The van der Waals surface area contributed by atoms with Crippen LogP contribution < -0.4 is 0 Å². The highest BCUT2D eigenvalue weighted by Gasteiger charge is 2.47. The summed E-state index contributed by atoms with van der Waals surface area (Å²) in [7, 11) is 0. The maximum Gasteiger partial charge on any atom is 0.0637 e. The zero-order chi connectivity index (χ0) is 17.2. The van der Waals surface area contributed by atoms with Crippen LogP contribution in [0.4, 0.5) is 0 Å². The lowest BCUT2D eigenvalue weighted by atomic mass is 9.58. The largest absolute Gasteiger partial charge is 0.392 e. The van der Waals surface area contributed by atoms with E-state index < -0.39 is 0 Å². The Bertz CT molecular complexity index is 575. The van der Waals surface area contributed by atoms with Crippen LogP contribution in [-0.4, -0.2) is 35.2 Å². The highest BCUT2D eigenvalue weighted by molar-refractivity contribution is 5.34. The summed E-state index contributed by atoms with van der Waals surface area (Å²) in [5, 5.41) is 11.0. The molecule has 1 aromatic carbocycles. The number of hydrogen-bond acceptors (Lipinski definition) is 2. The molecule has 3 atom stereocenters. The molecule has 2 nitrogen and oxygen atoms in total. The van der Waals surface area contributed by atoms with Crippen molar-refractivity contribution in [3.63, 3.8) is 0 Å². The smallest absolute Gasteiger partial charge is 0.0637 e. The number of likely N-dealkylation sites (N-methyl/N-ethyl adjacent to an activating group) is 1. The molecule has 0 heterocycles. The molecule has 0 spiro atoms. The van der Waals surface area contributed by atoms with Gasteiger partial charge in [-0.3, -0.25) is 4.90 Å². The Labute approximate surface area is 147 Å².